The Kier molecular flexibility index (Phi) is 18.7. The van der Waals surface area contributed by atoms with Crippen LogP contribution in [-0.2, 0) is 4.43 Å². The number of rotatable bonds is 19. The Balaban J connectivity index is 3.05. The molecule has 0 aromatic heterocycles. The molecule has 1 nitrogen and oxygen atoms in total. The Hall–Kier alpha value is 0.527. The van der Waals surface area contributed by atoms with E-state index in [1.165, 1.54) is 109 Å². The van der Waals surface area contributed by atoms with Gasteiger partial charge in [0.1, 0.15) is 10.5 Å². The highest BCUT2D eigenvalue weighted by atomic mass is 32.1. The lowest BCUT2D eigenvalue weighted by Crippen LogP contribution is -2.22. The van der Waals surface area contributed by atoms with E-state index in [1.807, 2.05) is 0 Å². The van der Waals surface area contributed by atoms with Gasteiger partial charge in [-0.3, -0.25) is 0 Å². The molecule has 24 heavy (non-hydrogen) atoms. The lowest BCUT2D eigenvalue weighted by Gasteiger charge is -2.23. The molecule has 0 saturated heterocycles. The molecule has 0 atom stereocenters. The first-order valence-corrected chi connectivity index (χ1v) is 12.2. The topological polar surface area (TPSA) is 9.23 Å². The summed E-state index contributed by atoms with van der Waals surface area (Å²) in [5.41, 5.74) is 0.138. The summed E-state index contributed by atoms with van der Waals surface area (Å²) in [6, 6.07) is 0. The van der Waals surface area contributed by atoms with Crippen LogP contribution in [-0.4, -0.2) is 21.8 Å². The molecule has 0 unspecified atom stereocenters. The van der Waals surface area contributed by atoms with Gasteiger partial charge in [0.25, 0.3) is 0 Å². The van der Waals surface area contributed by atoms with Crippen molar-refractivity contribution in [1.82, 2.24) is 0 Å². The Labute approximate surface area is 162 Å². The van der Waals surface area contributed by atoms with Crippen molar-refractivity contribution in [1.29, 1.82) is 0 Å². The quantitative estimate of drug-likeness (QED) is 0.152. The molecule has 0 amide bonds. The molecule has 0 rings (SSSR count). The Bertz CT molecular complexity index is 246. The maximum atomic E-state index is 5.60. The van der Waals surface area contributed by atoms with Gasteiger partial charge in [0.05, 0.1) is 0 Å². The number of hydrogen-bond donors (Lipinski definition) is 1. The van der Waals surface area contributed by atoms with Crippen LogP contribution < -0.4 is 0 Å². The third-order valence-electron chi connectivity index (χ3n) is 5.24. The molecule has 0 radical (unpaired) electrons. The molecule has 0 spiro atoms. The van der Waals surface area contributed by atoms with Crippen molar-refractivity contribution in [3.8, 4) is 0 Å². The van der Waals surface area contributed by atoms with E-state index in [0.29, 0.717) is 0 Å². The average molecular weight is 375 g/mol. The Morgan fingerprint density at radius 3 is 1.17 bits per heavy atom. The van der Waals surface area contributed by atoms with Crippen molar-refractivity contribution >= 4 is 23.1 Å². The summed E-state index contributed by atoms with van der Waals surface area (Å²) in [6.45, 7) is 4.45. The molecule has 0 aliphatic heterocycles. The molecule has 0 heterocycles. The molecular weight excluding hydrogens is 328 g/mol. The van der Waals surface area contributed by atoms with Crippen LogP contribution >= 0.6 is 12.6 Å². The monoisotopic (exact) mass is 374 g/mol. The van der Waals surface area contributed by atoms with E-state index in [0.717, 1.165) is 16.2 Å². The zero-order valence-electron chi connectivity index (χ0n) is 17.1. The first-order chi connectivity index (χ1) is 11.6. The minimum absolute atomic E-state index is 0.138. The smallest absolute Gasteiger partial charge is 0.146 e. The lowest BCUT2D eigenvalue weighted by atomic mass is 9.99. The minimum Gasteiger partial charge on any atom is -0.423 e. The third kappa shape index (κ3) is 18.9. The SMILES string of the molecule is CC(C)(CCCCCCCCCCCCCCCCCCS)O[SiH3]. The highest BCUT2D eigenvalue weighted by Gasteiger charge is 2.13. The van der Waals surface area contributed by atoms with E-state index >= 15 is 0 Å². The molecule has 0 bridgehead atoms. The van der Waals surface area contributed by atoms with Crippen LogP contribution in [0.1, 0.15) is 123 Å². The van der Waals surface area contributed by atoms with Gasteiger partial charge < -0.3 is 4.43 Å². The second kappa shape index (κ2) is 18.3. The van der Waals surface area contributed by atoms with Crippen LogP contribution in [0.2, 0.25) is 0 Å². The van der Waals surface area contributed by atoms with Crippen LogP contribution in [0, 0.1) is 0 Å². The van der Waals surface area contributed by atoms with Gasteiger partial charge in [-0.05, 0) is 32.4 Å². The molecule has 3 heteroatoms. The molecule has 0 aliphatic rings. The molecule has 0 fully saturated rings. The molecular formula is C21H46OSSi. The maximum absolute atomic E-state index is 5.60. The Morgan fingerprint density at radius 2 is 0.875 bits per heavy atom. The van der Waals surface area contributed by atoms with Crippen molar-refractivity contribution in [3.05, 3.63) is 0 Å². The minimum atomic E-state index is 0.138. The molecule has 0 aromatic rings. The summed E-state index contributed by atoms with van der Waals surface area (Å²) in [5, 5.41) is 0. The fourth-order valence-electron chi connectivity index (χ4n) is 3.24. The van der Waals surface area contributed by atoms with Gasteiger partial charge in [-0.25, -0.2) is 0 Å². The predicted octanol–water partition coefficient (Wildman–Crippen LogP) is 6.62. The van der Waals surface area contributed by atoms with Crippen molar-refractivity contribution < 1.29 is 4.43 Å². The van der Waals surface area contributed by atoms with E-state index in [4.69, 9.17) is 4.43 Å². The fourth-order valence-corrected chi connectivity index (χ4v) is 3.67. The molecule has 0 saturated carbocycles. The largest absolute Gasteiger partial charge is 0.423 e. The van der Waals surface area contributed by atoms with Crippen LogP contribution in [0.25, 0.3) is 0 Å². The summed E-state index contributed by atoms with van der Waals surface area (Å²) < 4.78 is 5.60. The maximum Gasteiger partial charge on any atom is 0.146 e. The van der Waals surface area contributed by atoms with Crippen molar-refractivity contribution in [2.45, 2.75) is 129 Å². The number of hydrogen-bond acceptors (Lipinski definition) is 2. The second-order valence-electron chi connectivity index (χ2n) is 8.09. The van der Waals surface area contributed by atoms with Gasteiger partial charge in [0.15, 0.2) is 0 Å². The van der Waals surface area contributed by atoms with Gasteiger partial charge in [-0.15, -0.1) is 0 Å². The first kappa shape index (κ1) is 24.5. The van der Waals surface area contributed by atoms with E-state index in [9.17, 15) is 0 Å². The first-order valence-electron chi connectivity index (χ1n) is 10.8. The van der Waals surface area contributed by atoms with Gasteiger partial charge in [0, 0.05) is 5.60 Å². The zero-order valence-corrected chi connectivity index (χ0v) is 20.0. The van der Waals surface area contributed by atoms with E-state index in [2.05, 4.69) is 26.5 Å². The number of thiol groups is 1. The normalized spacial score (nSPS) is 12.1. The second-order valence-corrected chi connectivity index (χ2v) is 8.95. The van der Waals surface area contributed by atoms with Gasteiger partial charge >= 0.3 is 0 Å². The molecule has 0 aliphatic carbocycles. The van der Waals surface area contributed by atoms with Crippen LogP contribution in [0.4, 0.5) is 0 Å². The molecule has 0 aromatic carbocycles. The molecule has 0 N–H and O–H groups in total. The van der Waals surface area contributed by atoms with Gasteiger partial charge in [0.2, 0.25) is 0 Å². The Morgan fingerprint density at radius 1 is 0.583 bits per heavy atom. The summed E-state index contributed by atoms with van der Waals surface area (Å²) >= 11 is 4.26. The predicted molar refractivity (Wildman–Crippen MR) is 117 cm³/mol. The van der Waals surface area contributed by atoms with Gasteiger partial charge in [-0.1, -0.05) is 96.3 Å². The highest BCUT2D eigenvalue weighted by molar-refractivity contribution is 7.80. The van der Waals surface area contributed by atoms with E-state index in [-0.39, 0.29) is 5.60 Å². The molecule has 146 valence electrons. The van der Waals surface area contributed by atoms with E-state index in [1.54, 1.807) is 0 Å². The van der Waals surface area contributed by atoms with Crippen LogP contribution in [0.15, 0.2) is 0 Å². The summed E-state index contributed by atoms with van der Waals surface area (Å²) in [7, 11) is 0.866. The van der Waals surface area contributed by atoms with E-state index < -0.39 is 0 Å². The average Bonchev–Trinajstić information content (AvgIpc) is 2.57. The summed E-state index contributed by atoms with van der Waals surface area (Å²) in [4.78, 5) is 0. The van der Waals surface area contributed by atoms with Crippen LogP contribution in [0.5, 0.6) is 0 Å². The van der Waals surface area contributed by atoms with Crippen molar-refractivity contribution in [3.63, 3.8) is 0 Å². The van der Waals surface area contributed by atoms with Crippen LogP contribution in [0.3, 0.4) is 0 Å². The third-order valence-corrected chi connectivity index (χ3v) is 6.66. The summed E-state index contributed by atoms with van der Waals surface area (Å²) in [5.74, 6) is 1.06. The van der Waals surface area contributed by atoms with Crippen molar-refractivity contribution in [2.75, 3.05) is 5.75 Å². The lowest BCUT2D eigenvalue weighted by molar-refractivity contribution is 0.109. The number of unbranched alkanes of at least 4 members (excludes halogenated alkanes) is 15. The zero-order chi connectivity index (χ0) is 17.9. The highest BCUT2D eigenvalue weighted by Crippen LogP contribution is 2.18. The standard InChI is InChI=1S/C21H46OSSi/c1-21(2,22-24)19-17-15-13-11-9-7-5-3-4-6-8-10-12-14-16-18-20-23/h23H,3-20H2,1-2,24H3. The fraction of sp³-hybridized carbons (Fsp3) is 1.00. The van der Waals surface area contributed by atoms with Crippen molar-refractivity contribution in [2.24, 2.45) is 0 Å². The van der Waals surface area contributed by atoms with Gasteiger partial charge in [-0.2, -0.15) is 12.6 Å². The summed E-state index contributed by atoms with van der Waals surface area (Å²) in [6.07, 6.45) is 24.0.